The third-order valence-electron chi connectivity index (χ3n) is 3.05. The van der Waals surface area contributed by atoms with Crippen LogP contribution in [0, 0.1) is 0 Å². The summed E-state index contributed by atoms with van der Waals surface area (Å²) in [4.78, 5) is 4.91. The van der Waals surface area contributed by atoms with E-state index in [2.05, 4.69) is 61.8 Å². The van der Waals surface area contributed by atoms with Gasteiger partial charge in [-0.05, 0) is 39.8 Å². The Bertz CT molecular complexity index is 311. The van der Waals surface area contributed by atoms with E-state index in [1.807, 2.05) is 0 Å². The first-order chi connectivity index (χ1) is 7.11. The summed E-state index contributed by atoms with van der Waals surface area (Å²) >= 11 is 0. The van der Waals surface area contributed by atoms with Gasteiger partial charge in [0.15, 0.2) is 0 Å². The lowest BCUT2D eigenvalue weighted by atomic mass is 10.2. The number of fused-ring (bicyclic) bond motifs is 1. The largest absolute Gasteiger partial charge is 0.350 e. The number of benzene rings is 1. The summed E-state index contributed by atoms with van der Waals surface area (Å²) in [6, 6.07) is 9.82. The van der Waals surface area contributed by atoms with E-state index in [1.165, 1.54) is 11.4 Å². The molecule has 1 heterocycles. The van der Waals surface area contributed by atoms with Gasteiger partial charge in [0.25, 0.3) is 0 Å². The summed E-state index contributed by atoms with van der Waals surface area (Å²) in [7, 11) is 0. The zero-order valence-electron chi connectivity index (χ0n) is 10.1. The second-order valence-electron chi connectivity index (χ2n) is 4.76. The molecule has 0 amide bonds. The smallest absolute Gasteiger partial charge is 0.0909 e. The lowest BCUT2D eigenvalue weighted by molar-refractivity contribution is 0.641. The molecule has 2 heteroatoms. The third-order valence-corrected chi connectivity index (χ3v) is 3.05. The topological polar surface area (TPSA) is 6.48 Å². The van der Waals surface area contributed by atoms with Gasteiger partial charge in [0, 0.05) is 12.1 Å². The molecular formula is C13H20N2. The number of anilines is 2. The Morgan fingerprint density at radius 3 is 1.60 bits per heavy atom. The van der Waals surface area contributed by atoms with Crippen LogP contribution >= 0.6 is 0 Å². The van der Waals surface area contributed by atoms with Crippen LogP contribution in [0.5, 0.6) is 0 Å². The molecule has 0 saturated heterocycles. The zero-order valence-corrected chi connectivity index (χ0v) is 10.1. The molecule has 0 N–H and O–H groups in total. The molecule has 0 radical (unpaired) electrons. The Balaban J connectivity index is 2.39. The quantitative estimate of drug-likeness (QED) is 0.730. The van der Waals surface area contributed by atoms with E-state index in [9.17, 15) is 0 Å². The van der Waals surface area contributed by atoms with Crippen LogP contribution in [-0.4, -0.2) is 18.8 Å². The highest BCUT2D eigenvalue weighted by molar-refractivity contribution is 5.76. The van der Waals surface area contributed by atoms with Crippen LogP contribution in [0.15, 0.2) is 24.3 Å². The molecular weight excluding hydrogens is 184 g/mol. The van der Waals surface area contributed by atoms with E-state index < -0.39 is 0 Å². The summed E-state index contributed by atoms with van der Waals surface area (Å²) < 4.78 is 0. The van der Waals surface area contributed by atoms with E-state index in [0.717, 1.165) is 6.67 Å². The molecule has 82 valence electrons. The van der Waals surface area contributed by atoms with E-state index in [0.29, 0.717) is 12.1 Å². The van der Waals surface area contributed by atoms with Crippen molar-refractivity contribution in [2.45, 2.75) is 39.8 Å². The Labute approximate surface area is 92.5 Å². The SMILES string of the molecule is CC(C)N1CN(C(C)C)c2ccccc21. The van der Waals surface area contributed by atoms with Crippen molar-refractivity contribution in [3.05, 3.63) is 24.3 Å². The van der Waals surface area contributed by atoms with Gasteiger partial charge in [-0.25, -0.2) is 0 Å². The maximum absolute atomic E-state index is 2.45. The minimum atomic E-state index is 0.565. The first-order valence-electron chi connectivity index (χ1n) is 5.73. The molecule has 0 saturated carbocycles. The highest BCUT2D eigenvalue weighted by Gasteiger charge is 2.28. The van der Waals surface area contributed by atoms with Crippen molar-refractivity contribution in [2.24, 2.45) is 0 Å². The van der Waals surface area contributed by atoms with Crippen molar-refractivity contribution >= 4 is 11.4 Å². The van der Waals surface area contributed by atoms with Crippen LogP contribution in [0.1, 0.15) is 27.7 Å². The molecule has 15 heavy (non-hydrogen) atoms. The molecule has 1 aliphatic heterocycles. The van der Waals surface area contributed by atoms with Crippen molar-refractivity contribution in [3.8, 4) is 0 Å². The summed E-state index contributed by atoms with van der Waals surface area (Å²) in [5.41, 5.74) is 2.75. The third kappa shape index (κ3) is 1.69. The van der Waals surface area contributed by atoms with Gasteiger partial charge in [0.2, 0.25) is 0 Å². The molecule has 1 aliphatic rings. The minimum absolute atomic E-state index is 0.565. The van der Waals surface area contributed by atoms with Gasteiger partial charge in [-0.1, -0.05) is 12.1 Å². The molecule has 0 aliphatic carbocycles. The molecule has 0 unspecified atom stereocenters. The van der Waals surface area contributed by atoms with Crippen LogP contribution in [0.2, 0.25) is 0 Å². The molecule has 2 nitrogen and oxygen atoms in total. The van der Waals surface area contributed by atoms with Crippen LogP contribution in [0.4, 0.5) is 11.4 Å². The Morgan fingerprint density at radius 2 is 1.27 bits per heavy atom. The Morgan fingerprint density at radius 1 is 0.867 bits per heavy atom. The van der Waals surface area contributed by atoms with E-state index in [1.54, 1.807) is 0 Å². The minimum Gasteiger partial charge on any atom is -0.350 e. The van der Waals surface area contributed by atoms with E-state index in [4.69, 9.17) is 0 Å². The number of para-hydroxylation sites is 2. The highest BCUT2D eigenvalue weighted by atomic mass is 15.4. The van der Waals surface area contributed by atoms with Gasteiger partial charge in [-0.2, -0.15) is 0 Å². The fourth-order valence-corrected chi connectivity index (χ4v) is 2.15. The monoisotopic (exact) mass is 204 g/mol. The highest BCUT2D eigenvalue weighted by Crippen LogP contribution is 2.37. The molecule has 0 bridgehead atoms. The first-order valence-corrected chi connectivity index (χ1v) is 5.73. The van der Waals surface area contributed by atoms with Gasteiger partial charge in [0.1, 0.15) is 0 Å². The maximum Gasteiger partial charge on any atom is 0.0909 e. The van der Waals surface area contributed by atoms with Gasteiger partial charge < -0.3 is 9.80 Å². The van der Waals surface area contributed by atoms with E-state index >= 15 is 0 Å². The Hall–Kier alpha value is -1.18. The van der Waals surface area contributed by atoms with Crippen LogP contribution < -0.4 is 9.80 Å². The maximum atomic E-state index is 2.45. The van der Waals surface area contributed by atoms with Gasteiger partial charge >= 0.3 is 0 Å². The van der Waals surface area contributed by atoms with Crippen LogP contribution in [0.3, 0.4) is 0 Å². The van der Waals surface area contributed by atoms with Crippen molar-refractivity contribution in [1.82, 2.24) is 0 Å². The molecule has 1 aromatic carbocycles. The second kappa shape index (κ2) is 3.76. The van der Waals surface area contributed by atoms with Crippen molar-refractivity contribution in [1.29, 1.82) is 0 Å². The van der Waals surface area contributed by atoms with Gasteiger partial charge in [-0.3, -0.25) is 0 Å². The standard InChI is InChI=1S/C13H20N2/c1-10(2)14-9-15(11(3)4)13-8-6-5-7-12(13)14/h5-8,10-11H,9H2,1-4H3. The first kappa shape index (κ1) is 10.3. The molecule has 2 rings (SSSR count). The molecule has 0 aromatic heterocycles. The molecule has 0 spiro atoms. The molecule has 0 fully saturated rings. The summed E-state index contributed by atoms with van der Waals surface area (Å²) in [5.74, 6) is 0. The fraction of sp³-hybridized carbons (Fsp3) is 0.538. The number of rotatable bonds is 2. The lowest BCUT2D eigenvalue weighted by Crippen LogP contribution is -2.38. The zero-order chi connectivity index (χ0) is 11.0. The molecule has 0 atom stereocenters. The fourth-order valence-electron chi connectivity index (χ4n) is 2.15. The van der Waals surface area contributed by atoms with Crippen molar-refractivity contribution < 1.29 is 0 Å². The summed E-state index contributed by atoms with van der Waals surface area (Å²) in [5, 5.41) is 0. The Kier molecular flexibility index (Phi) is 2.59. The van der Waals surface area contributed by atoms with Crippen molar-refractivity contribution in [3.63, 3.8) is 0 Å². The predicted octanol–water partition coefficient (Wildman–Crippen LogP) is 3.09. The normalized spacial score (nSPS) is 15.3. The number of hydrogen-bond donors (Lipinski definition) is 0. The number of nitrogens with zero attached hydrogens (tertiary/aromatic N) is 2. The number of hydrogen-bond acceptors (Lipinski definition) is 2. The average Bonchev–Trinajstić information content (AvgIpc) is 2.56. The molecule has 1 aromatic rings. The van der Waals surface area contributed by atoms with Gasteiger partial charge in [-0.15, -0.1) is 0 Å². The second-order valence-corrected chi connectivity index (χ2v) is 4.76. The van der Waals surface area contributed by atoms with Crippen molar-refractivity contribution in [2.75, 3.05) is 16.5 Å². The predicted molar refractivity (Wildman–Crippen MR) is 66.5 cm³/mol. The van der Waals surface area contributed by atoms with Crippen LogP contribution in [-0.2, 0) is 0 Å². The van der Waals surface area contributed by atoms with Crippen LogP contribution in [0.25, 0.3) is 0 Å². The summed E-state index contributed by atoms with van der Waals surface area (Å²) in [6.07, 6.45) is 0. The van der Waals surface area contributed by atoms with E-state index in [-0.39, 0.29) is 0 Å². The summed E-state index contributed by atoms with van der Waals surface area (Å²) in [6.45, 7) is 10.0. The lowest BCUT2D eigenvalue weighted by Gasteiger charge is -2.27. The van der Waals surface area contributed by atoms with Gasteiger partial charge in [0.05, 0.1) is 18.0 Å². The average molecular weight is 204 g/mol.